The van der Waals surface area contributed by atoms with Crippen molar-refractivity contribution in [1.29, 1.82) is 0 Å². The summed E-state index contributed by atoms with van der Waals surface area (Å²) in [5.74, 6) is -0.0204. The normalized spacial score (nSPS) is 10.6. The summed E-state index contributed by atoms with van der Waals surface area (Å²) in [5, 5.41) is 0. The van der Waals surface area contributed by atoms with Gasteiger partial charge in [0.1, 0.15) is 0 Å². The Balaban J connectivity index is 2.90. The highest BCUT2D eigenvalue weighted by molar-refractivity contribution is 14.1. The second kappa shape index (κ2) is 5.26. The number of halogens is 1. The smallest absolute Gasteiger partial charge is 0.180 e. The molecule has 1 rings (SSSR count). The van der Waals surface area contributed by atoms with E-state index in [0.717, 1.165) is 5.56 Å². The SMILES string of the molecule is C=C(C)C(=O)/C=C\c1ccc(I)cc1C. The molecule has 0 radical (unpaired) electrons. The van der Waals surface area contributed by atoms with Gasteiger partial charge in [-0.1, -0.05) is 18.7 Å². The van der Waals surface area contributed by atoms with Crippen LogP contribution in [-0.4, -0.2) is 5.78 Å². The van der Waals surface area contributed by atoms with Crippen molar-refractivity contribution >= 4 is 34.5 Å². The third-order valence-electron chi connectivity index (χ3n) is 2.07. The molecule has 0 bridgehead atoms. The summed E-state index contributed by atoms with van der Waals surface area (Å²) in [6.45, 7) is 7.35. The average Bonchev–Trinajstić information content (AvgIpc) is 2.15. The molecule has 0 saturated heterocycles. The Hall–Kier alpha value is -0.900. The molecule has 0 unspecified atom stereocenters. The van der Waals surface area contributed by atoms with Crippen molar-refractivity contribution in [3.8, 4) is 0 Å². The van der Waals surface area contributed by atoms with Gasteiger partial charge < -0.3 is 0 Å². The van der Waals surface area contributed by atoms with E-state index in [-0.39, 0.29) is 5.78 Å². The molecular weight excluding hydrogens is 299 g/mol. The number of aryl methyl sites for hydroxylation is 1. The molecule has 0 spiro atoms. The van der Waals surface area contributed by atoms with Crippen molar-refractivity contribution in [2.75, 3.05) is 0 Å². The Kier molecular flexibility index (Phi) is 4.27. The molecule has 0 aliphatic carbocycles. The van der Waals surface area contributed by atoms with Gasteiger partial charge in [0.2, 0.25) is 0 Å². The molecule has 0 fully saturated rings. The predicted molar refractivity (Wildman–Crippen MR) is 72.8 cm³/mol. The third-order valence-corrected chi connectivity index (χ3v) is 2.74. The Morgan fingerprint density at radius 3 is 2.67 bits per heavy atom. The summed E-state index contributed by atoms with van der Waals surface area (Å²) in [7, 11) is 0. The fourth-order valence-electron chi connectivity index (χ4n) is 1.13. The maximum atomic E-state index is 11.3. The summed E-state index contributed by atoms with van der Waals surface area (Å²) in [6, 6.07) is 6.13. The number of hydrogen-bond donors (Lipinski definition) is 0. The van der Waals surface area contributed by atoms with E-state index >= 15 is 0 Å². The lowest BCUT2D eigenvalue weighted by atomic mass is 10.1. The molecule has 1 aromatic rings. The summed E-state index contributed by atoms with van der Waals surface area (Å²) < 4.78 is 1.20. The van der Waals surface area contributed by atoms with Gasteiger partial charge in [0.15, 0.2) is 5.78 Å². The zero-order valence-corrected chi connectivity index (χ0v) is 11.0. The van der Waals surface area contributed by atoms with Crippen LogP contribution in [0.3, 0.4) is 0 Å². The molecule has 1 nitrogen and oxygen atoms in total. The van der Waals surface area contributed by atoms with Crippen LogP contribution in [0.25, 0.3) is 6.08 Å². The van der Waals surface area contributed by atoms with E-state index in [4.69, 9.17) is 0 Å². The van der Waals surface area contributed by atoms with Crippen LogP contribution in [0.5, 0.6) is 0 Å². The van der Waals surface area contributed by atoms with Crippen molar-refractivity contribution in [3.05, 3.63) is 51.1 Å². The first-order valence-electron chi connectivity index (χ1n) is 4.65. The van der Waals surface area contributed by atoms with E-state index in [1.54, 1.807) is 13.0 Å². The predicted octanol–water partition coefficient (Wildman–Crippen LogP) is 3.76. The fraction of sp³-hybridized carbons (Fsp3) is 0.154. The second-order valence-electron chi connectivity index (χ2n) is 3.48. The molecule has 0 aromatic heterocycles. The van der Waals surface area contributed by atoms with E-state index in [1.165, 1.54) is 9.13 Å². The number of hydrogen-bond acceptors (Lipinski definition) is 1. The number of carbonyl (C=O) groups excluding carboxylic acids is 1. The van der Waals surface area contributed by atoms with E-state index in [9.17, 15) is 4.79 Å². The second-order valence-corrected chi connectivity index (χ2v) is 4.72. The van der Waals surface area contributed by atoms with E-state index in [1.807, 2.05) is 25.1 Å². The number of benzene rings is 1. The van der Waals surface area contributed by atoms with Gasteiger partial charge in [0, 0.05) is 3.57 Å². The zero-order chi connectivity index (χ0) is 11.4. The summed E-state index contributed by atoms with van der Waals surface area (Å²) in [4.78, 5) is 11.3. The quantitative estimate of drug-likeness (QED) is 0.613. The standard InChI is InChI=1S/C13H13IO/c1-9(2)13(15)7-5-11-4-6-12(14)8-10(11)3/h4-8H,1H2,2-3H3/b7-5-. The molecule has 0 N–H and O–H groups in total. The molecule has 0 aliphatic rings. The van der Waals surface area contributed by atoms with Crippen molar-refractivity contribution in [2.45, 2.75) is 13.8 Å². The number of ketones is 1. The van der Waals surface area contributed by atoms with Crippen LogP contribution in [0.15, 0.2) is 36.4 Å². The highest BCUT2D eigenvalue weighted by atomic mass is 127. The molecule has 0 atom stereocenters. The number of rotatable bonds is 3. The van der Waals surface area contributed by atoms with Crippen LogP contribution < -0.4 is 0 Å². The van der Waals surface area contributed by atoms with Gasteiger partial charge in [-0.25, -0.2) is 0 Å². The Morgan fingerprint density at radius 2 is 2.13 bits per heavy atom. The van der Waals surface area contributed by atoms with Gasteiger partial charge in [-0.3, -0.25) is 4.79 Å². The summed E-state index contributed by atoms with van der Waals surface area (Å²) in [5.41, 5.74) is 2.81. The fourth-order valence-corrected chi connectivity index (χ4v) is 1.78. The lowest BCUT2D eigenvalue weighted by Gasteiger charge is -2.00. The molecule has 0 heterocycles. The van der Waals surface area contributed by atoms with Crippen LogP contribution >= 0.6 is 22.6 Å². The van der Waals surface area contributed by atoms with Crippen molar-refractivity contribution < 1.29 is 4.79 Å². The van der Waals surface area contributed by atoms with E-state index in [2.05, 4.69) is 35.2 Å². The van der Waals surface area contributed by atoms with Crippen molar-refractivity contribution in [3.63, 3.8) is 0 Å². The Morgan fingerprint density at radius 1 is 1.47 bits per heavy atom. The Labute approximate surface area is 104 Å². The largest absolute Gasteiger partial charge is 0.290 e. The summed E-state index contributed by atoms with van der Waals surface area (Å²) in [6.07, 6.45) is 3.40. The van der Waals surface area contributed by atoms with Gasteiger partial charge in [-0.2, -0.15) is 0 Å². The first-order chi connectivity index (χ1) is 7.00. The molecule has 0 aliphatic heterocycles. The van der Waals surface area contributed by atoms with Gasteiger partial charge in [-0.15, -0.1) is 0 Å². The van der Waals surface area contributed by atoms with E-state index in [0.29, 0.717) is 5.57 Å². The maximum absolute atomic E-state index is 11.3. The first-order valence-corrected chi connectivity index (χ1v) is 5.72. The molecule has 2 heteroatoms. The lowest BCUT2D eigenvalue weighted by molar-refractivity contribution is -0.111. The lowest BCUT2D eigenvalue weighted by Crippen LogP contribution is -1.92. The number of carbonyl (C=O) groups is 1. The maximum Gasteiger partial charge on any atom is 0.180 e. The van der Waals surface area contributed by atoms with Crippen LogP contribution in [0.1, 0.15) is 18.1 Å². The van der Waals surface area contributed by atoms with Gasteiger partial charge in [0.05, 0.1) is 0 Å². The first kappa shape index (κ1) is 12.2. The average molecular weight is 312 g/mol. The monoisotopic (exact) mass is 312 g/mol. The molecular formula is C13H13IO. The van der Waals surface area contributed by atoms with Gasteiger partial charge in [-0.05, 0) is 71.3 Å². The molecule has 15 heavy (non-hydrogen) atoms. The minimum Gasteiger partial charge on any atom is -0.290 e. The van der Waals surface area contributed by atoms with Crippen molar-refractivity contribution in [1.82, 2.24) is 0 Å². The van der Waals surface area contributed by atoms with Crippen LogP contribution in [0.4, 0.5) is 0 Å². The minimum absolute atomic E-state index is 0.0204. The zero-order valence-electron chi connectivity index (χ0n) is 8.88. The van der Waals surface area contributed by atoms with Gasteiger partial charge >= 0.3 is 0 Å². The van der Waals surface area contributed by atoms with Crippen LogP contribution in [0, 0.1) is 10.5 Å². The van der Waals surface area contributed by atoms with E-state index < -0.39 is 0 Å². The van der Waals surface area contributed by atoms with Crippen LogP contribution in [0.2, 0.25) is 0 Å². The minimum atomic E-state index is -0.0204. The molecule has 78 valence electrons. The topological polar surface area (TPSA) is 17.1 Å². The molecule has 0 amide bonds. The Bertz CT molecular complexity index is 430. The molecule has 1 aromatic carbocycles. The van der Waals surface area contributed by atoms with Crippen LogP contribution in [-0.2, 0) is 4.79 Å². The third kappa shape index (κ3) is 3.63. The van der Waals surface area contributed by atoms with Crippen molar-refractivity contribution in [2.24, 2.45) is 0 Å². The van der Waals surface area contributed by atoms with Gasteiger partial charge in [0.25, 0.3) is 0 Å². The summed E-state index contributed by atoms with van der Waals surface area (Å²) >= 11 is 2.27. The molecule has 0 saturated carbocycles. The highest BCUT2D eigenvalue weighted by Gasteiger charge is 1.98. The highest BCUT2D eigenvalue weighted by Crippen LogP contribution is 2.14. The number of allylic oxidation sites excluding steroid dienone is 2.